The predicted octanol–water partition coefficient (Wildman–Crippen LogP) is 3.04. The number of ether oxygens (including phenoxy) is 1. The van der Waals surface area contributed by atoms with Gasteiger partial charge in [-0.15, -0.1) is 0 Å². The Balaban J connectivity index is 3.02. The zero-order valence-electron chi connectivity index (χ0n) is 28.7. The van der Waals surface area contributed by atoms with Gasteiger partial charge in [0, 0.05) is 33.0 Å². The summed E-state index contributed by atoms with van der Waals surface area (Å²) in [5.74, 6) is -3.07. The fourth-order valence-electron chi connectivity index (χ4n) is 1.79. The van der Waals surface area contributed by atoms with Gasteiger partial charge in [0.1, 0.15) is 5.75 Å². The van der Waals surface area contributed by atoms with E-state index in [2.05, 4.69) is 0 Å². The Hall–Kier alpha value is -1.06. The summed E-state index contributed by atoms with van der Waals surface area (Å²) in [6, 6.07) is 3.55. The molecule has 0 radical (unpaired) electrons. The van der Waals surface area contributed by atoms with Crippen LogP contribution in [0.5, 0.6) is 5.75 Å². The lowest BCUT2D eigenvalue weighted by Gasteiger charge is -2.40. The van der Waals surface area contributed by atoms with Crippen molar-refractivity contribution in [3.05, 3.63) is 29.8 Å². The second-order valence-electron chi connectivity index (χ2n) is 4.18. The molecule has 0 amide bonds. The summed E-state index contributed by atoms with van der Waals surface area (Å²) in [6.07, 6.45) is -20.1. The molecule has 1 aromatic carbocycles. The van der Waals surface area contributed by atoms with Crippen LogP contribution in [0, 0.1) is 0 Å². The molecular formula is C17H27NO2. The SMILES string of the molecule is [2H]C([2H])([2H])Oc1ccc(C(C([2H])([2H])N(C)C([2H])([2H])[2H])C2(O)C([2H])([2H])C([2H])([2H])C([2H])([2H])C([2H])([2H])C2([2H])[2H])cc1. The predicted molar refractivity (Wildman–Crippen MR) is 82.3 cm³/mol. The van der Waals surface area contributed by atoms with Gasteiger partial charge in [0.05, 0.1) is 16.8 Å². The molecule has 1 aromatic rings. The first-order chi connectivity index (χ1) is 16.5. The summed E-state index contributed by atoms with van der Waals surface area (Å²) in [5, 5.41) is 11.9. The maximum absolute atomic E-state index is 11.9. The third kappa shape index (κ3) is 3.53. The summed E-state index contributed by atoms with van der Waals surface area (Å²) >= 11 is 0. The first kappa shape index (κ1) is 4.23. The van der Waals surface area contributed by atoms with Crippen molar-refractivity contribution in [2.75, 3.05) is 27.6 Å². The van der Waals surface area contributed by atoms with Gasteiger partial charge in [-0.05, 0) is 44.5 Å². The van der Waals surface area contributed by atoms with Gasteiger partial charge < -0.3 is 14.7 Å². The van der Waals surface area contributed by atoms with Gasteiger partial charge in [-0.1, -0.05) is 31.3 Å². The molecule has 0 aromatic heterocycles. The van der Waals surface area contributed by atoms with Gasteiger partial charge in [-0.3, -0.25) is 0 Å². The van der Waals surface area contributed by atoms with Crippen molar-refractivity contribution in [2.45, 2.75) is 43.4 Å². The van der Waals surface area contributed by atoms with Gasteiger partial charge in [0.2, 0.25) is 0 Å². The number of hydrogen-bond donors (Lipinski definition) is 1. The second-order valence-corrected chi connectivity index (χ2v) is 4.18. The highest BCUT2D eigenvalue weighted by Crippen LogP contribution is 2.40. The fourth-order valence-corrected chi connectivity index (χ4v) is 1.79. The highest BCUT2D eigenvalue weighted by Gasteiger charge is 2.38. The normalized spacial score (nSPS) is 47.8. The molecule has 1 saturated carbocycles. The van der Waals surface area contributed by atoms with Crippen molar-refractivity contribution in [2.24, 2.45) is 0 Å². The molecule has 1 aliphatic carbocycles. The lowest BCUT2D eigenvalue weighted by Crippen LogP contribution is -2.42. The maximum atomic E-state index is 11.9. The Labute approximate surface area is 147 Å². The monoisotopic (exact) mass is 295 g/mol. The van der Waals surface area contributed by atoms with Crippen molar-refractivity contribution in [3.8, 4) is 5.75 Å². The van der Waals surface area contributed by atoms with E-state index in [9.17, 15) is 5.11 Å². The summed E-state index contributed by atoms with van der Waals surface area (Å²) in [7, 11) is -2.22. The van der Waals surface area contributed by atoms with Crippen LogP contribution in [-0.4, -0.2) is 43.2 Å². The van der Waals surface area contributed by atoms with E-state index in [4.69, 9.17) is 29.4 Å². The maximum Gasteiger partial charge on any atom is 0.118 e. The van der Waals surface area contributed by atoms with Crippen LogP contribution < -0.4 is 4.74 Å². The zero-order valence-corrected chi connectivity index (χ0v) is 10.7. The number of hydrogen-bond acceptors (Lipinski definition) is 3. The van der Waals surface area contributed by atoms with Gasteiger partial charge in [0.25, 0.3) is 0 Å². The molecule has 1 unspecified atom stereocenters. The molecule has 1 N–H and O–H groups in total. The number of benzene rings is 1. The summed E-state index contributed by atoms with van der Waals surface area (Å²) in [6.45, 7) is -6.77. The van der Waals surface area contributed by atoms with Crippen LogP contribution >= 0.6 is 0 Å². The number of methoxy groups -OCH3 is 1. The molecule has 1 aliphatic rings. The molecular weight excluding hydrogens is 250 g/mol. The van der Waals surface area contributed by atoms with Crippen LogP contribution in [0.25, 0.3) is 0 Å². The number of aliphatic hydroxyl groups is 1. The van der Waals surface area contributed by atoms with E-state index >= 15 is 0 Å². The van der Waals surface area contributed by atoms with Gasteiger partial charge >= 0.3 is 0 Å². The molecule has 3 heteroatoms. The molecule has 0 spiro atoms. The molecule has 1 fully saturated rings. The molecule has 20 heavy (non-hydrogen) atoms. The average molecular weight is 296 g/mol. The fraction of sp³-hybridized carbons (Fsp3) is 0.647. The molecule has 2 rings (SSSR count). The molecule has 112 valence electrons. The zero-order chi connectivity index (χ0) is 30.3. The van der Waals surface area contributed by atoms with Crippen molar-refractivity contribution < 1.29 is 34.5 Å². The standard InChI is InChI=1S/C17H27NO2/c1-18(2)13-16(17(19)11-5-4-6-12-17)14-7-9-15(20-3)10-8-14/h7-10,16,19H,4-6,11-13H2,1-3H3/i1D3,3D3,4D2,5D2,6D2,11D2,12D2,13D2. The molecule has 0 heterocycles. The van der Waals surface area contributed by atoms with Crippen LogP contribution in [0.15, 0.2) is 24.3 Å². The smallest absolute Gasteiger partial charge is 0.118 e. The second kappa shape index (κ2) is 6.59. The molecule has 3 nitrogen and oxygen atoms in total. The van der Waals surface area contributed by atoms with E-state index in [0.717, 1.165) is 24.3 Å². The van der Waals surface area contributed by atoms with Crippen LogP contribution in [0.4, 0.5) is 0 Å². The van der Waals surface area contributed by atoms with Crippen molar-refractivity contribution in [3.63, 3.8) is 0 Å². The van der Waals surface area contributed by atoms with Crippen molar-refractivity contribution >= 4 is 0 Å². The summed E-state index contributed by atoms with van der Waals surface area (Å²) in [4.78, 5) is 0.0377. The minimum Gasteiger partial charge on any atom is -0.497 e. The molecule has 0 aliphatic heterocycles. The number of rotatable bonds is 5. The van der Waals surface area contributed by atoms with E-state index in [0.29, 0.717) is 7.05 Å². The highest BCUT2D eigenvalue weighted by molar-refractivity contribution is 5.31. The third-order valence-corrected chi connectivity index (χ3v) is 2.70. The van der Waals surface area contributed by atoms with Crippen molar-refractivity contribution in [1.82, 2.24) is 4.90 Å². The van der Waals surface area contributed by atoms with Crippen LogP contribution in [0.1, 0.15) is 68.0 Å². The highest BCUT2D eigenvalue weighted by atomic mass is 16.5. The van der Waals surface area contributed by atoms with Crippen LogP contribution in [-0.2, 0) is 0 Å². The lowest BCUT2D eigenvalue weighted by atomic mass is 9.72. The Bertz CT molecular complexity index is 999. The van der Waals surface area contributed by atoms with E-state index in [1.807, 2.05) is 0 Å². The van der Waals surface area contributed by atoms with Gasteiger partial charge in [0.15, 0.2) is 0 Å². The Kier molecular flexibility index (Phi) is 1.40. The quantitative estimate of drug-likeness (QED) is 0.906. The minimum atomic E-state index is -4.12. The first-order valence-electron chi connectivity index (χ1n) is 14.7. The summed E-state index contributed by atoms with van der Waals surface area (Å²) in [5.41, 5.74) is -4.71. The van der Waals surface area contributed by atoms with Gasteiger partial charge in [-0.2, -0.15) is 0 Å². The van der Waals surface area contributed by atoms with Gasteiger partial charge in [-0.25, -0.2) is 0 Å². The average Bonchev–Trinajstić information content (AvgIpc) is 2.71. The van der Waals surface area contributed by atoms with E-state index in [-0.39, 0.29) is 10.6 Å². The van der Waals surface area contributed by atoms with Crippen LogP contribution in [0.2, 0.25) is 0 Å². The topological polar surface area (TPSA) is 32.7 Å². The number of likely N-dealkylation sites (N-methyl/N-ethyl adjacent to an activating group) is 1. The minimum absolute atomic E-state index is 0.0377. The Morgan fingerprint density at radius 3 is 2.70 bits per heavy atom. The number of nitrogens with zero attached hydrogens (tertiary/aromatic N) is 1. The molecule has 0 saturated heterocycles. The Morgan fingerprint density at radius 1 is 1.40 bits per heavy atom. The lowest BCUT2D eigenvalue weighted by molar-refractivity contribution is -0.0277. The van der Waals surface area contributed by atoms with E-state index < -0.39 is 69.5 Å². The van der Waals surface area contributed by atoms with E-state index in [1.165, 1.54) is 0 Å². The molecule has 0 bridgehead atoms. The molecule has 1 atom stereocenters. The van der Waals surface area contributed by atoms with E-state index in [1.54, 1.807) is 0 Å². The van der Waals surface area contributed by atoms with Crippen molar-refractivity contribution in [1.29, 1.82) is 0 Å². The summed E-state index contributed by atoms with van der Waals surface area (Å²) < 4.78 is 149. The first-order valence-corrected chi connectivity index (χ1v) is 5.71. The largest absolute Gasteiger partial charge is 0.497 e. The Morgan fingerprint density at radius 2 is 2.10 bits per heavy atom. The van der Waals surface area contributed by atoms with Crippen LogP contribution in [0.3, 0.4) is 0 Å². The third-order valence-electron chi connectivity index (χ3n) is 2.70.